The lowest BCUT2D eigenvalue weighted by Crippen LogP contribution is -2.37. The second-order valence-corrected chi connectivity index (χ2v) is 12.0. The Morgan fingerprint density at radius 3 is 2.18 bits per heavy atom. The van der Waals surface area contributed by atoms with Crippen LogP contribution in [0.2, 0.25) is 5.02 Å². The molecule has 0 aromatic heterocycles. The number of anilines is 2. The molecule has 0 atom stereocenters. The Kier molecular flexibility index (Phi) is 7.99. The van der Waals surface area contributed by atoms with Gasteiger partial charge in [0.05, 0.1) is 21.9 Å². The standard InChI is InChI=1S/C21H25ClFN3O5S2/c1-32(28,29)26(17-8-11-20(23)19(22)14-17)15-21(27)24-16-6-9-18(10-7-16)33(30,31)25-12-4-2-3-5-13-25/h6-11,14H,2-5,12-13,15H2,1H3,(H,24,27). The van der Waals surface area contributed by atoms with Crippen molar-refractivity contribution in [3.63, 3.8) is 0 Å². The van der Waals surface area contributed by atoms with Gasteiger partial charge in [-0.3, -0.25) is 9.10 Å². The second kappa shape index (κ2) is 10.4. The lowest BCUT2D eigenvalue weighted by molar-refractivity contribution is -0.114. The minimum Gasteiger partial charge on any atom is -0.325 e. The summed E-state index contributed by atoms with van der Waals surface area (Å²) in [6.07, 6.45) is 4.57. The molecule has 0 aliphatic carbocycles. The Labute approximate surface area is 198 Å². The number of benzene rings is 2. The highest BCUT2D eigenvalue weighted by atomic mass is 35.5. The fourth-order valence-corrected chi connectivity index (χ4v) is 6.05. The fraction of sp³-hybridized carbons (Fsp3) is 0.381. The summed E-state index contributed by atoms with van der Waals surface area (Å²) in [5, 5.41) is 2.27. The highest BCUT2D eigenvalue weighted by Gasteiger charge is 2.25. The predicted molar refractivity (Wildman–Crippen MR) is 126 cm³/mol. The zero-order valence-electron chi connectivity index (χ0n) is 18.0. The molecule has 0 saturated carbocycles. The average Bonchev–Trinajstić information content (AvgIpc) is 3.04. The van der Waals surface area contributed by atoms with Gasteiger partial charge in [0.25, 0.3) is 0 Å². The van der Waals surface area contributed by atoms with Gasteiger partial charge in [0.1, 0.15) is 12.4 Å². The molecule has 33 heavy (non-hydrogen) atoms. The lowest BCUT2D eigenvalue weighted by atomic mass is 10.2. The molecule has 0 bridgehead atoms. The van der Waals surface area contributed by atoms with Gasteiger partial charge in [0.2, 0.25) is 26.0 Å². The Balaban J connectivity index is 1.72. The van der Waals surface area contributed by atoms with E-state index < -0.39 is 38.3 Å². The molecule has 1 saturated heterocycles. The van der Waals surface area contributed by atoms with Crippen LogP contribution in [0.5, 0.6) is 0 Å². The first-order valence-electron chi connectivity index (χ1n) is 10.3. The topological polar surface area (TPSA) is 104 Å². The average molecular weight is 518 g/mol. The van der Waals surface area contributed by atoms with Gasteiger partial charge in [-0.15, -0.1) is 0 Å². The number of carbonyl (C=O) groups excluding carboxylic acids is 1. The van der Waals surface area contributed by atoms with Crippen molar-refractivity contribution in [3.8, 4) is 0 Å². The van der Waals surface area contributed by atoms with E-state index in [1.54, 1.807) is 0 Å². The molecule has 1 amide bonds. The molecule has 8 nitrogen and oxygen atoms in total. The van der Waals surface area contributed by atoms with Gasteiger partial charge in [-0.05, 0) is 55.3 Å². The number of hydrogen-bond donors (Lipinski definition) is 1. The maximum atomic E-state index is 13.4. The summed E-state index contributed by atoms with van der Waals surface area (Å²) in [5.74, 6) is -1.38. The van der Waals surface area contributed by atoms with Gasteiger partial charge in [-0.25, -0.2) is 21.2 Å². The molecule has 0 unspecified atom stereocenters. The molecule has 3 rings (SSSR count). The third kappa shape index (κ3) is 6.44. The monoisotopic (exact) mass is 517 g/mol. The Morgan fingerprint density at radius 2 is 1.64 bits per heavy atom. The summed E-state index contributed by atoms with van der Waals surface area (Å²) in [5.41, 5.74) is 0.346. The summed E-state index contributed by atoms with van der Waals surface area (Å²) < 4.78 is 65.8. The number of halogens is 2. The maximum absolute atomic E-state index is 13.4. The summed E-state index contributed by atoms with van der Waals surface area (Å²) >= 11 is 5.74. The summed E-state index contributed by atoms with van der Waals surface area (Å²) in [6, 6.07) is 9.04. The van der Waals surface area contributed by atoms with Gasteiger partial charge in [0.15, 0.2) is 0 Å². The van der Waals surface area contributed by atoms with Crippen LogP contribution >= 0.6 is 11.6 Å². The first kappa shape index (κ1) is 25.4. The zero-order valence-corrected chi connectivity index (χ0v) is 20.4. The fourth-order valence-electron chi connectivity index (χ4n) is 3.51. The van der Waals surface area contributed by atoms with E-state index in [0.29, 0.717) is 18.8 Å². The lowest BCUT2D eigenvalue weighted by Gasteiger charge is -2.22. The van der Waals surface area contributed by atoms with Gasteiger partial charge in [-0.2, -0.15) is 4.31 Å². The summed E-state index contributed by atoms with van der Waals surface area (Å²) in [7, 11) is -7.49. The summed E-state index contributed by atoms with van der Waals surface area (Å²) in [6.45, 7) is 0.389. The largest absolute Gasteiger partial charge is 0.325 e. The van der Waals surface area contributed by atoms with Crippen molar-refractivity contribution in [1.82, 2.24) is 4.31 Å². The molecule has 2 aromatic rings. The number of amides is 1. The van der Waals surface area contributed by atoms with E-state index in [0.717, 1.165) is 48.4 Å². The van der Waals surface area contributed by atoms with Crippen molar-refractivity contribution in [1.29, 1.82) is 0 Å². The Morgan fingerprint density at radius 1 is 1.03 bits per heavy atom. The van der Waals surface area contributed by atoms with E-state index in [9.17, 15) is 26.0 Å². The van der Waals surface area contributed by atoms with Crippen LogP contribution in [-0.2, 0) is 24.8 Å². The molecule has 1 aliphatic heterocycles. The van der Waals surface area contributed by atoms with Crippen LogP contribution in [0.1, 0.15) is 25.7 Å². The van der Waals surface area contributed by atoms with Crippen LogP contribution in [0.15, 0.2) is 47.4 Å². The number of sulfonamides is 2. The quantitative estimate of drug-likeness (QED) is 0.606. The van der Waals surface area contributed by atoms with E-state index in [2.05, 4.69) is 5.32 Å². The second-order valence-electron chi connectivity index (χ2n) is 7.76. The van der Waals surface area contributed by atoms with Crippen molar-refractivity contribution in [2.24, 2.45) is 0 Å². The normalized spacial score (nSPS) is 15.6. The van der Waals surface area contributed by atoms with Crippen LogP contribution < -0.4 is 9.62 Å². The van der Waals surface area contributed by atoms with Gasteiger partial charge < -0.3 is 5.32 Å². The Hall–Kier alpha value is -2.21. The SMILES string of the molecule is CS(=O)(=O)N(CC(=O)Nc1ccc(S(=O)(=O)N2CCCCCC2)cc1)c1ccc(F)c(Cl)c1. The van der Waals surface area contributed by atoms with Crippen LogP contribution in [0.4, 0.5) is 15.8 Å². The zero-order chi connectivity index (χ0) is 24.2. The van der Waals surface area contributed by atoms with Crippen LogP contribution in [-0.4, -0.2) is 52.9 Å². The minimum absolute atomic E-state index is 0.0398. The molecular formula is C21H25ClFN3O5S2. The van der Waals surface area contributed by atoms with E-state index in [1.165, 1.54) is 34.6 Å². The van der Waals surface area contributed by atoms with Gasteiger partial charge in [-0.1, -0.05) is 24.4 Å². The number of nitrogens with zero attached hydrogens (tertiary/aromatic N) is 2. The van der Waals surface area contributed by atoms with E-state index in [1.807, 2.05) is 0 Å². The maximum Gasteiger partial charge on any atom is 0.245 e. The van der Waals surface area contributed by atoms with E-state index in [4.69, 9.17) is 11.6 Å². The smallest absolute Gasteiger partial charge is 0.245 e. The molecule has 12 heteroatoms. The first-order chi connectivity index (χ1) is 15.5. The number of rotatable bonds is 7. The third-order valence-electron chi connectivity index (χ3n) is 5.22. The first-order valence-corrected chi connectivity index (χ1v) is 14.0. The molecule has 1 fully saturated rings. The van der Waals surface area contributed by atoms with Crippen molar-refractivity contribution in [3.05, 3.63) is 53.3 Å². The molecule has 0 radical (unpaired) electrons. The number of nitrogens with one attached hydrogen (secondary N) is 1. The molecule has 1 aliphatic rings. The summed E-state index contributed by atoms with van der Waals surface area (Å²) in [4.78, 5) is 12.6. The number of carbonyl (C=O) groups is 1. The van der Waals surface area contributed by atoms with Crippen molar-refractivity contribution in [2.75, 3.05) is 35.5 Å². The van der Waals surface area contributed by atoms with Gasteiger partial charge >= 0.3 is 0 Å². The highest BCUT2D eigenvalue weighted by Crippen LogP contribution is 2.25. The minimum atomic E-state index is -3.87. The van der Waals surface area contributed by atoms with Crippen molar-refractivity contribution in [2.45, 2.75) is 30.6 Å². The molecular weight excluding hydrogens is 493 g/mol. The third-order valence-corrected chi connectivity index (χ3v) is 8.56. The van der Waals surface area contributed by atoms with Crippen LogP contribution in [0.25, 0.3) is 0 Å². The van der Waals surface area contributed by atoms with Gasteiger partial charge in [0, 0.05) is 18.8 Å². The van der Waals surface area contributed by atoms with Crippen molar-refractivity contribution < 1.29 is 26.0 Å². The molecule has 1 heterocycles. The predicted octanol–water partition coefficient (Wildman–Crippen LogP) is 3.45. The number of hydrogen-bond acceptors (Lipinski definition) is 5. The van der Waals surface area contributed by atoms with Crippen LogP contribution in [0.3, 0.4) is 0 Å². The molecule has 180 valence electrons. The molecule has 1 N–H and O–H groups in total. The molecule has 2 aromatic carbocycles. The van der Waals surface area contributed by atoms with E-state index in [-0.39, 0.29) is 15.6 Å². The highest BCUT2D eigenvalue weighted by molar-refractivity contribution is 7.92. The Bertz CT molecular complexity index is 1210. The van der Waals surface area contributed by atoms with Crippen LogP contribution in [0, 0.1) is 5.82 Å². The van der Waals surface area contributed by atoms with Crippen molar-refractivity contribution >= 4 is 48.9 Å². The molecule has 0 spiro atoms. The van der Waals surface area contributed by atoms with E-state index >= 15 is 0 Å².